The van der Waals surface area contributed by atoms with Crippen LogP contribution < -0.4 is 5.66 Å². The molecule has 0 saturated heterocycles. The number of hydrogen-bond donors (Lipinski definition) is 0. The Bertz CT molecular complexity index is 472. The van der Waals surface area contributed by atoms with E-state index >= 15 is 0 Å². The highest BCUT2D eigenvalue weighted by atomic mass is 19.4. The molecule has 1 aromatic carbocycles. The quantitative estimate of drug-likeness (QED) is 0.643. The van der Waals surface area contributed by atoms with Gasteiger partial charge in [0.25, 0.3) is 0 Å². The number of fused-ring (bicyclic) bond motifs is 1. The molecule has 1 nitrogen and oxygen atoms in total. The maximum absolute atomic E-state index is 12.3. The second-order valence-corrected chi connectivity index (χ2v) is 3.22. The molecule has 0 bridgehead atoms. The fourth-order valence-electron chi connectivity index (χ4n) is 1.39. The van der Waals surface area contributed by atoms with E-state index in [1.165, 1.54) is 0 Å². The van der Waals surface area contributed by atoms with Crippen LogP contribution in [0.4, 0.5) is 12.9 Å². The smallest absolute Gasteiger partial charge is 0.492 e. The molecule has 0 fully saturated rings. The first-order valence-corrected chi connectivity index (χ1v) is 4.17. The van der Waals surface area contributed by atoms with Crippen LogP contribution in [0.15, 0.2) is 28.7 Å². The summed E-state index contributed by atoms with van der Waals surface area (Å²) in [6.45, 7) is -3.32. The third kappa shape index (κ3) is 1.39. The van der Waals surface area contributed by atoms with Gasteiger partial charge in [0.15, 0.2) is 0 Å². The average molecular weight is 199 g/mol. The van der Waals surface area contributed by atoms with Gasteiger partial charge in [-0.25, -0.2) is 0 Å². The van der Waals surface area contributed by atoms with E-state index in [-0.39, 0.29) is 0 Å². The normalized spacial score (nSPS) is 12.3. The van der Waals surface area contributed by atoms with Crippen molar-refractivity contribution < 1.29 is 17.4 Å². The van der Waals surface area contributed by atoms with Crippen molar-refractivity contribution >= 4 is 23.6 Å². The Labute approximate surface area is 78.6 Å². The van der Waals surface area contributed by atoms with Crippen molar-refractivity contribution in [1.29, 1.82) is 0 Å². The van der Waals surface area contributed by atoms with Gasteiger partial charge in [-0.1, -0.05) is 18.2 Å². The first-order valence-electron chi connectivity index (χ1n) is 4.17. The monoisotopic (exact) mass is 199 g/mol. The van der Waals surface area contributed by atoms with E-state index in [1.807, 2.05) is 0 Å². The third-order valence-electron chi connectivity index (χ3n) is 2.08. The van der Waals surface area contributed by atoms with Crippen molar-refractivity contribution in [3.8, 4) is 0 Å². The average Bonchev–Trinajstić information content (AvgIpc) is 2.48. The molecule has 0 N–H and O–H groups in total. The summed E-state index contributed by atoms with van der Waals surface area (Å²) in [6, 6.07) is 6.08. The third-order valence-corrected chi connectivity index (χ3v) is 2.08. The van der Waals surface area contributed by atoms with Crippen molar-refractivity contribution in [2.45, 2.75) is 6.92 Å². The van der Waals surface area contributed by atoms with Gasteiger partial charge in [-0.3, -0.25) is 0 Å². The summed E-state index contributed by atoms with van der Waals surface area (Å²) in [5, 5.41) is 0.499. The highest BCUT2D eigenvalue weighted by Gasteiger charge is 2.30. The van der Waals surface area contributed by atoms with E-state index < -0.39 is 12.6 Å². The molecule has 74 valence electrons. The molecular formula is C9H7BF3O-. The van der Waals surface area contributed by atoms with Crippen molar-refractivity contribution in [3.05, 3.63) is 29.8 Å². The fraction of sp³-hybridized carbons (Fsp3) is 0.111. The zero-order valence-corrected chi connectivity index (χ0v) is 7.43. The Balaban J connectivity index is 2.69. The lowest BCUT2D eigenvalue weighted by Gasteiger charge is -2.08. The van der Waals surface area contributed by atoms with Crippen molar-refractivity contribution in [2.24, 2.45) is 0 Å². The predicted octanol–water partition coefficient (Wildman–Crippen LogP) is 2.80. The number of hydrogen-bond acceptors (Lipinski definition) is 1. The van der Waals surface area contributed by atoms with Crippen LogP contribution in [0.25, 0.3) is 11.0 Å². The molecule has 0 aliphatic carbocycles. The SMILES string of the molecule is Cc1cccc2cc([B-](F)(F)F)oc12. The summed E-state index contributed by atoms with van der Waals surface area (Å²) in [7, 11) is 0. The molecule has 14 heavy (non-hydrogen) atoms. The molecule has 0 aliphatic rings. The molecule has 0 aliphatic heterocycles. The second-order valence-electron chi connectivity index (χ2n) is 3.22. The van der Waals surface area contributed by atoms with E-state index in [4.69, 9.17) is 4.42 Å². The first-order chi connectivity index (χ1) is 6.48. The van der Waals surface area contributed by atoms with E-state index in [1.54, 1.807) is 25.1 Å². The standard InChI is InChI=1S/C9H7BF3O/c1-6-3-2-4-7-5-8(10(11,12)13)14-9(6)7/h2-5H,1H3/q-1. The van der Waals surface area contributed by atoms with Crippen molar-refractivity contribution in [2.75, 3.05) is 0 Å². The zero-order valence-electron chi connectivity index (χ0n) is 7.43. The number of furan rings is 1. The van der Waals surface area contributed by atoms with Crippen molar-refractivity contribution in [1.82, 2.24) is 0 Å². The molecule has 2 rings (SSSR count). The highest BCUT2D eigenvalue weighted by molar-refractivity contribution is 6.72. The Morgan fingerprint density at radius 2 is 1.93 bits per heavy atom. The molecule has 0 atom stereocenters. The summed E-state index contributed by atoms with van der Waals surface area (Å²) >= 11 is 0. The van der Waals surface area contributed by atoms with Crippen LogP contribution in [-0.4, -0.2) is 6.98 Å². The molecule has 0 radical (unpaired) electrons. The lowest BCUT2D eigenvalue weighted by Crippen LogP contribution is -2.32. The van der Waals surface area contributed by atoms with E-state index in [0.29, 0.717) is 16.5 Å². The topological polar surface area (TPSA) is 13.1 Å². The predicted molar refractivity (Wildman–Crippen MR) is 49.7 cm³/mol. The van der Waals surface area contributed by atoms with E-state index in [0.717, 1.165) is 6.07 Å². The summed E-state index contributed by atoms with van der Waals surface area (Å²) < 4.78 is 41.7. The number of benzene rings is 1. The highest BCUT2D eigenvalue weighted by Crippen LogP contribution is 2.21. The van der Waals surface area contributed by atoms with Crippen LogP contribution in [0.5, 0.6) is 0 Å². The van der Waals surface area contributed by atoms with Crippen LogP contribution in [0.3, 0.4) is 0 Å². The van der Waals surface area contributed by atoms with E-state index in [2.05, 4.69) is 0 Å². The van der Waals surface area contributed by atoms with Gasteiger partial charge >= 0.3 is 6.98 Å². The molecular weight excluding hydrogens is 192 g/mol. The number of halogens is 3. The molecule has 1 aromatic heterocycles. The summed E-state index contributed by atoms with van der Waals surface area (Å²) in [6.07, 6.45) is 0. The van der Waals surface area contributed by atoms with E-state index in [9.17, 15) is 12.9 Å². The minimum absolute atomic E-state index is 0.321. The van der Waals surface area contributed by atoms with Gasteiger partial charge in [0.05, 0.1) is 0 Å². The summed E-state index contributed by atoms with van der Waals surface area (Å²) in [5.74, 6) is 0. The maximum Gasteiger partial charge on any atom is 0.544 e. The minimum Gasteiger partial charge on any atom is -0.492 e. The Hall–Kier alpha value is -1.39. The minimum atomic E-state index is -5.04. The van der Waals surface area contributed by atoms with Gasteiger partial charge in [0.2, 0.25) is 0 Å². The molecule has 0 saturated carbocycles. The van der Waals surface area contributed by atoms with Gasteiger partial charge in [-0.05, 0) is 18.6 Å². The zero-order chi connectivity index (χ0) is 10.3. The molecule has 0 unspecified atom stereocenters. The Morgan fingerprint density at radius 1 is 1.21 bits per heavy atom. The van der Waals surface area contributed by atoms with Crippen LogP contribution in [0, 0.1) is 6.92 Å². The lowest BCUT2D eigenvalue weighted by molar-refractivity contribution is 0.473. The Morgan fingerprint density at radius 3 is 2.50 bits per heavy atom. The molecule has 1 heterocycles. The largest absolute Gasteiger partial charge is 0.544 e. The molecule has 0 spiro atoms. The molecule has 5 heteroatoms. The first kappa shape index (κ1) is 9.18. The van der Waals surface area contributed by atoms with Crippen LogP contribution in [-0.2, 0) is 0 Å². The van der Waals surface area contributed by atoms with Gasteiger partial charge < -0.3 is 17.4 Å². The second kappa shape index (κ2) is 2.80. The van der Waals surface area contributed by atoms with Gasteiger partial charge in [0, 0.05) is 11.0 Å². The van der Waals surface area contributed by atoms with Crippen LogP contribution in [0.1, 0.15) is 5.56 Å². The summed E-state index contributed by atoms with van der Waals surface area (Å²) in [5.41, 5.74) is 0.157. The van der Waals surface area contributed by atoms with Crippen LogP contribution in [0.2, 0.25) is 0 Å². The Kier molecular flexibility index (Phi) is 1.84. The van der Waals surface area contributed by atoms with Crippen molar-refractivity contribution in [3.63, 3.8) is 0 Å². The number of rotatable bonds is 1. The fourth-order valence-corrected chi connectivity index (χ4v) is 1.39. The molecule has 0 amide bonds. The van der Waals surface area contributed by atoms with Gasteiger partial charge in [-0.2, -0.15) is 0 Å². The maximum atomic E-state index is 12.3. The molecule has 2 aromatic rings. The summed E-state index contributed by atoms with van der Waals surface area (Å²) in [4.78, 5) is 0. The lowest BCUT2D eigenvalue weighted by atomic mass is 9.88. The van der Waals surface area contributed by atoms with Gasteiger partial charge in [-0.15, -0.1) is 0 Å². The van der Waals surface area contributed by atoms with Crippen LogP contribution >= 0.6 is 0 Å². The van der Waals surface area contributed by atoms with Gasteiger partial charge in [0.1, 0.15) is 5.58 Å². The number of para-hydroxylation sites is 1. The number of aryl methyl sites for hydroxylation is 1.